The Kier molecular flexibility index (Phi) is 4.51. The molecule has 2 heterocycles. The second-order valence-electron chi connectivity index (χ2n) is 7.02. The summed E-state index contributed by atoms with van der Waals surface area (Å²) in [5, 5.41) is 1.12. The first-order valence-corrected chi connectivity index (χ1v) is 9.20. The molecule has 2 aromatic carbocycles. The van der Waals surface area contributed by atoms with Gasteiger partial charge in [-0.1, -0.05) is 36.4 Å². The average molecular weight is 348 g/mol. The van der Waals surface area contributed by atoms with Crippen molar-refractivity contribution >= 4 is 22.6 Å². The molecule has 0 aliphatic carbocycles. The van der Waals surface area contributed by atoms with E-state index < -0.39 is 0 Å². The molecular weight excluding hydrogens is 324 g/mol. The van der Waals surface area contributed by atoms with Gasteiger partial charge in [-0.15, -0.1) is 0 Å². The lowest BCUT2D eigenvalue weighted by Crippen LogP contribution is -2.33. The van der Waals surface area contributed by atoms with Crippen molar-refractivity contribution in [3.8, 4) is 0 Å². The van der Waals surface area contributed by atoms with E-state index >= 15 is 0 Å². The largest absolute Gasteiger partial charge is 0.459 e. The van der Waals surface area contributed by atoms with Gasteiger partial charge < -0.3 is 9.32 Å². The molecular formula is C22H24N2O2. The number of nitrogens with zero attached hydrogens (tertiary/aromatic N) is 2. The van der Waals surface area contributed by atoms with Crippen LogP contribution in [0, 0.1) is 0 Å². The number of rotatable bonds is 5. The van der Waals surface area contributed by atoms with Crippen molar-refractivity contribution in [2.75, 3.05) is 25.0 Å². The second-order valence-corrected chi connectivity index (χ2v) is 7.02. The fraction of sp³-hybridized carbons (Fsp3) is 0.318. The Hall–Kier alpha value is -2.59. The standard InChI is InChI=1S/C22H24N2O2/c1-16(21-15-18-8-4-6-10-20(18)26-21)23(2)13-12-22(25)24-14-11-17-7-3-5-9-19(17)24/h3-10,15-16H,11-14H2,1-2H3/t16-/m1/s1. The molecule has 0 fully saturated rings. The van der Waals surface area contributed by atoms with Crippen LogP contribution in [0.5, 0.6) is 0 Å². The van der Waals surface area contributed by atoms with Gasteiger partial charge in [0.1, 0.15) is 11.3 Å². The van der Waals surface area contributed by atoms with E-state index in [1.807, 2.05) is 48.3 Å². The molecule has 0 unspecified atom stereocenters. The third-order valence-corrected chi connectivity index (χ3v) is 5.38. The van der Waals surface area contributed by atoms with Crippen LogP contribution in [0.4, 0.5) is 5.69 Å². The van der Waals surface area contributed by atoms with Gasteiger partial charge in [0.2, 0.25) is 5.91 Å². The van der Waals surface area contributed by atoms with Crippen molar-refractivity contribution < 1.29 is 9.21 Å². The molecule has 4 heteroatoms. The first kappa shape index (κ1) is 16.9. The van der Waals surface area contributed by atoms with E-state index in [2.05, 4.69) is 30.0 Å². The zero-order valence-corrected chi connectivity index (χ0v) is 15.3. The first-order chi connectivity index (χ1) is 12.6. The van der Waals surface area contributed by atoms with Crippen LogP contribution >= 0.6 is 0 Å². The Morgan fingerprint density at radius 3 is 2.81 bits per heavy atom. The molecule has 0 N–H and O–H groups in total. The lowest BCUT2D eigenvalue weighted by Gasteiger charge is -2.24. The number of benzene rings is 2. The lowest BCUT2D eigenvalue weighted by molar-refractivity contribution is -0.118. The van der Waals surface area contributed by atoms with Crippen LogP contribution in [0.3, 0.4) is 0 Å². The number of hydrogen-bond donors (Lipinski definition) is 0. The summed E-state index contributed by atoms with van der Waals surface area (Å²) in [5.41, 5.74) is 3.25. The van der Waals surface area contributed by atoms with Gasteiger partial charge in [-0.25, -0.2) is 0 Å². The van der Waals surface area contributed by atoms with Crippen LogP contribution in [-0.4, -0.2) is 30.9 Å². The summed E-state index contributed by atoms with van der Waals surface area (Å²) in [7, 11) is 2.04. The maximum absolute atomic E-state index is 12.7. The normalized spacial score (nSPS) is 14.8. The summed E-state index contributed by atoms with van der Waals surface area (Å²) in [6.45, 7) is 3.62. The maximum atomic E-state index is 12.7. The minimum atomic E-state index is 0.126. The van der Waals surface area contributed by atoms with E-state index in [4.69, 9.17) is 4.42 Å². The van der Waals surface area contributed by atoms with Gasteiger partial charge >= 0.3 is 0 Å². The summed E-state index contributed by atoms with van der Waals surface area (Å²) >= 11 is 0. The van der Waals surface area contributed by atoms with Crippen LogP contribution in [0.25, 0.3) is 11.0 Å². The van der Waals surface area contributed by atoms with Gasteiger partial charge in [-0.05, 0) is 44.2 Å². The number of furan rings is 1. The smallest absolute Gasteiger partial charge is 0.228 e. The monoisotopic (exact) mass is 348 g/mol. The summed E-state index contributed by atoms with van der Waals surface area (Å²) in [4.78, 5) is 16.8. The molecule has 1 amide bonds. The predicted octanol–water partition coefficient (Wildman–Crippen LogP) is 4.41. The predicted molar refractivity (Wildman–Crippen MR) is 104 cm³/mol. The number of fused-ring (bicyclic) bond motifs is 2. The highest BCUT2D eigenvalue weighted by Gasteiger charge is 2.25. The Morgan fingerprint density at radius 1 is 1.19 bits per heavy atom. The van der Waals surface area contributed by atoms with Gasteiger partial charge in [-0.3, -0.25) is 9.69 Å². The van der Waals surface area contributed by atoms with E-state index in [0.717, 1.165) is 35.4 Å². The minimum absolute atomic E-state index is 0.126. The number of carbonyl (C=O) groups is 1. The van der Waals surface area contributed by atoms with Crippen molar-refractivity contribution in [1.29, 1.82) is 0 Å². The van der Waals surface area contributed by atoms with E-state index in [1.165, 1.54) is 5.56 Å². The molecule has 134 valence electrons. The molecule has 26 heavy (non-hydrogen) atoms. The molecule has 1 aromatic heterocycles. The Bertz CT molecular complexity index is 898. The average Bonchev–Trinajstić information content (AvgIpc) is 3.29. The molecule has 1 aliphatic rings. The van der Waals surface area contributed by atoms with Crippen LogP contribution < -0.4 is 4.90 Å². The number of amides is 1. The maximum Gasteiger partial charge on any atom is 0.228 e. The molecule has 0 radical (unpaired) electrons. The van der Waals surface area contributed by atoms with Crippen molar-refractivity contribution in [3.63, 3.8) is 0 Å². The summed E-state index contributed by atoms with van der Waals surface area (Å²) in [6.07, 6.45) is 1.46. The van der Waals surface area contributed by atoms with E-state index in [-0.39, 0.29) is 11.9 Å². The van der Waals surface area contributed by atoms with Crippen molar-refractivity contribution in [2.24, 2.45) is 0 Å². The highest BCUT2D eigenvalue weighted by atomic mass is 16.3. The summed E-state index contributed by atoms with van der Waals surface area (Å²) in [6, 6.07) is 18.5. The number of para-hydroxylation sites is 2. The van der Waals surface area contributed by atoms with Gasteiger partial charge in [0, 0.05) is 30.6 Å². The Labute approximate surface area is 154 Å². The van der Waals surface area contributed by atoms with Gasteiger partial charge in [-0.2, -0.15) is 0 Å². The third-order valence-electron chi connectivity index (χ3n) is 5.38. The Balaban J connectivity index is 1.39. The van der Waals surface area contributed by atoms with E-state index in [9.17, 15) is 4.79 Å². The van der Waals surface area contributed by atoms with Gasteiger partial charge in [0.25, 0.3) is 0 Å². The molecule has 0 saturated heterocycles. The molecule has 4 rings (SSSR count). The van der Waals surface area contributed by atoms with Gasteiger partial charge in [0.05, 0.1) is 6.04 Å². The first-order valence-electron chi connectivity index (χ1n) is 9.20. The third kappa shape index (κ3) is 3.13. The quantitative estimate of drug-likeness (QED) is 0.685. The van der Waals surface area contributed by atoms with E-state index in [1.54, 1.807) is 0 Å². The molecule has 0 saturated carbocycles. The Morgan fingerprint density at radius 2 is 1.96 bits per heavy atom. The fourth-order valence-corrected chi connectivity index (χ4v) is 3.62. The zero-order chi connectivity index (χ0) is 18.1. The van der Waals surface area contributed by atoms with Crippen molar-refractivity contribution in [3.05, 3.63) is 65.9 Å². The highest BCUT2D eigenvalue weighted by Crippen LogP contribution is 2.29. The molecule has 1 atom stereocenters. The molecule has 0 bridgehead atoms. The molecule has 3 aromatic rings. The van der Waals surface area contributed by atoms with Crippen LogP contribution in [0.15, 0.2) is 59.0 Å². The summed E-state index contributed by atoms with van der Waals surface area (Å²) < 4.78 is 5.97. The van der Waals surface area contributed by atoms with Gasteiger partial charge in [0.15, 0.2) is 0 Å². The molecule has 1 aliphatic heterocycles. The number of carbonyl (C=O) groups excluding carboxylic acids is 1. The van der Waals surface area contributed by atoms with Crippen LogP contribution in [0.2, 0.25) is 0 Å². The minimum Gasteiger partial charge on any atom is -0.459 e. The molecule has 4 nitrogen and oxygen atoms in total. The SMILES string of the molecule is C[C@H](c1cc2ccccc2o1)N(C)CCC(=O)N1CCc2ccccc21. The van der Waals surface area contributed by atoms with Crippen molar-refractivity contribution in [2.45, 2.75) is 25.8 Å². The van der Waals surface area contributed by atoms with Crippen LogP contribution in [-0.2, 0) is 11.2 Å². The fourth-order valence-electron chi connectivity index (χ4n) is 3.62. The highest BCUT2D eigenvalue weighted by molar-refractivity contribution is 5.95. The number of hydrogen-bond acceptors (Lipinski definition) is 3. The van der Waals surface area contributed by atoms with Crippen molar-refractivity contribution in [1.82, 2.24) is 4.90 Å². The number of anilines is 1. The molecule has 0 spiro atoms. The van der Waals surface area contributed by atoms with E-state index in [0.29, 0.717) is 13.0 Å². The zero-order valence-electron chi connectivity index (χ0n) is 15.3. The topological polar surface area (TPSA) is 36.7 Å². The lowest BCUT2D eigenvalue weighted by atomic mass is 10.2. The summed E-state index contributed by atoms with van der Waals surface area (Å²) in [5.74, 6) is 1.13. The second kappa shape index (κ2) is 6.96. The van der Waals surface area contributed by atoms with Crippen LogP contribution in [0.1, 0.15) is 30.7 Å².